The highest BCUT2D eigenvalue weighted by molar-refractivity contribution is 7.15. The molecular weight excluding hydrogens is 330 g/mol. The van der Waals surface area contributed by atoms with Gasteiger partial charge in [0.2, 0.25) is 11.0 Å². The number of carboxylic acids is 1. The van der Waals surface area contributed by atoms with Gasteiger partial charge in [0.1, 0.15) is 12.4 Å². The van der Waals surface area contributed by atoms with Gasteiger partial charge in [0.05, 0.1) is 0 Å². The fourth-order valence-electron chi connectivity index (χ4n) is 1.33. The first-order chi connectivity index (χ1) is 10.5. The van der Waals surface area contributed by atoms with E-state index in [0.717, 1.165) is 23.5 Å². The maximum atomic E-state index is 11.4. The summed E-state index contributed by atoms with van der Waals surface area (Å²) in [7, 11) is 0. The molecule has 0 saturated heterocycles. The number of amides is 1. The van der Waals surface area contributed by atoms with Gasteiger partial charge in [-0.2, -0.15) is 0 Å². The molecule has 0 atom stereocenters. The van der Waals surface area contributed by atoms with E-state index in [2.05, 4.69) is 15.5 Å². The second-order valence-corrected chi connectivity index (χ2v) is 5.40. The summed E-state index contributed by atoms with van der Waals surface area (Å²) >= 11 is 6.90. The van der Waals surface area contributed by atoms with Crippen molar-refractivity contribution in [2.45, 2.75) is 6.61 Å². The normalized spacial score (nSPS) is 10.6. The number of hydrogen-bond acceptors (Lipinski definition) is 6. The number of benzene rings is 1. The van der Waals surface area contributed by atoms with Gasteiger partial charge in [0.25, 0.3) is 0 Å². The van der Waals surface area contributed by atoms with Gasteiger partial charge in [-0.1, -0.05) is 22.9 Å². The van der Waals surface area contributed by atoms with Crippen LogP contribution in [-0.2, 0) is 16.2 Å². The number of aliphatic carboxylic acids is 1. The summed E-state index contributed by atoms with van der Waals surface area (Å²) in [6.07, 6.45) is 1.63. The molecule has 7 nitrogen and oxygen atoms in total. The lowest BCUT2D eigenvalue weighted by Gasteiger charge is -2.02. The Bertz CT molecular complexity index is 700. The van der Waals surface area contributed by atoms with Crippen LogP contribution in [0.3, 0.4) is 0 Å². The lowest BCUT2D eigenvalue weighted by atomic mass is 10.3. The molecule has 0 saturated carbocycles. The molecule has 1 amide bonds. The Morgan fingerprint density at radius 2 is 2.00 bits per heavy atom. The van der Waals surface area contributed by atoms with Crippen molar-refractivity contribution >= 4 is 39.9 Å². The summed E-state index contributed by atoms with van der Waals surface area (Å²) in [6.45, 7) is 0.195. The largest absolute Gasteiger partial charge is 0.486 e. The Balaban J connectivity index is 1.87. The predicted octanol–water partition coefficient (Wildman–Crippen LogP) is 2.35. The minimum atomic E-state index is -1.20. The Morgan fingerprint density at radius 1 is 1.27 bits per heavy atom. The van der Waals surface area contributed by atoms with Crippen LogP contribution in [0, 0.1) is 0 Å². The number of ether oxygens (including phenoxy) is 1. The third kappa shape index (κ3) is 5.15. The monoisotopic (exact) mass is 339 g/mol. The van der Waals surface area contributed by atoms with E-state index in [4.69, 9.17) is 21.4 Å². The van der Waals surface area contributed by atoms with Gasteiger partial charge in [0, 0.05) is 17.2 Å². The van der Waals surface area contributed by atoms with E-state index in [0.29, 0.717) is 15.8 Å². The van der Waals surface area contributed by atoms with Crippen LogP contribution in [0.25, 0.3) is 0 Å². The second kappa shape index (κ2) is 7.53. The molecule has 0 unspecified atom stereocenters. The molecule has 2 rings (SSSR count). The molecular formula is C13H10ClN3O4S. The standard InChI is InChI=1S/C13H10ClN3O4S/c14-8-1-3-9(4-2-8)21-7-11-16-17-13(22-11)15-10(18)5-6-12(19)20/h1-6H,7H2,(H,19,20)(H,15,17,18)/b6-5+. The van der Waals surface area contributed by atoms with Crippen LogP contribution < -0.4 is 10.1 Å². The molecule has 1 aromatic heterocycles. The van der Waals surface area contributed by atoms with Crippen molar-refractivity contribution in [1.29, 1.82) is 0 Å². The van der Waals surface area contributed by atoms with Crippen LogP contribution in [0.15, 0.2) is 36.4 Å². The Hall–Kier alpha value is -2.45. The van der Waals surface area contributed by atoms with Gasteiger partial charge in [-0.25, -0.2) is 4.79 Å². The number of rotatable bonds is 6. The Morgan fingerprint density at radius 3 is 2.68 bits per heavy atom. The van der Waals surface area contributed by atoms with Gasteiger partial charge in [-0.05, 0) is 24.3 Å². The van der Waals surface area contributed by atoms with E-state index in [-0.39, 0.29) is 11.7 Å². The van der Waals surface area contributed by atoms with Crippen LogP contribution in [0.4, 0.5) is 5.13 Å². The van der Waals surface area contributed by atoms with Crippen molar-refractivity contribution in [3.8, 4) is 5.75 Å². The lowest BCUT2D eigenvalue weighted by Crippen LogP contribution is -2.08. The Kier molecular flexibility index (Phi) is 5.45. The van der Waals surface area contributed by atoms with Crippen molar-refractivity contribution in [2.24, 2.45) is 0 Å². The van der Waals surface area contributed by atoms with Gasteiger partial charge < -0.3 is 9.84 Å². The van der Waals surface area contributed by atoms with E-state index in [9.17, 15) is 9.59 Å². The maximum absolute atomic E-state index is 11.4. The summed E-state index contributed by atoms with van der Waals surface area (Å²) in [4.78, 5) is 21.7. The van der Waals surface area contributed by atoms with Crippen molar-refractivity contribution in [2.75, 3.05) is 5.32 Å². The van der Waals surface area contributed by atoms with Crippen molar-refractivity contribution in [3.63, 3.8) is 0 Å². The summed E-state index contributed by atoms with van der Waals surface area (Å²) < 4.78 is 5.49. The third-order valence-corrected chi connectivity index (χ3v) is 3.31. The number of aromatic nitrogens is 2. The van der Waals surface area contributed by atoms with Crippen molar-refractivity contribution < 1.29 is 19.4 Å². The molecule has 0 aliphatic rings. The molecule has 0 spiro atoms. The Labute approximate surface area is 134 Å². The topological polar surface area (TPSA) is 101 Å². The highest BCUT2D eigenvalue weighted by Gasteiger charge is 2.07. The van der Waals surface area contributed by atoms with Crippen molar-refractivity contribution in [3.05, 3.63) is 46.4 Å². The first-order valence-corrected chi connectivity index (χ1v) is 7.15. The van der Waals surface area contributed by atoms with E-state index in [1.54, 1.807) is 24.3 Å². The molecule has 0 aliphatic heterocycles. The van der Waals surface area contributed by atoms with Gasteiger partial charge >= 0.3 is 5.97 Å². The minimum absolute atomic E-state index is 0.195. The number of nitrogens with one attached hydrogen (secondary N) is 1. The number of carbonyl (C=O) groups excluding carboxylic acids is 1. The predicted molar refractivity (Wildman–Crippen MR) is 81.1 cm³/mol. The lowest BCUT2D eigenvalue weighted by molar-refractivity contribution is -0.131. The highest BCUT2D eigenvalue weighted by Crippen LogP contribution is 2.19. The fraction of sp³-hybridized carbons (Fsp3) is 0.0769. The number of hydrogen-bond donors (Lipinski definition) is 2. The third-order valence-electron chi connectivity index (χ3n) is 2.25. The molecule has 0 radical (unpaired) electrons. The smallest absolute Gasteiger partial charge is 0.328 e. The quantitative estimate of drug-likeness (QED) is 0.783. The van der Waals surface area contributed by atoms with Crippen LogP contribution in [0.5, 0.6) is 5.75 Å². The summed E-state index contributed by atoms with van der Waals surface area (Å²) in [5, 5.41) is 19.9. The van der Waals surface area contributed by atoms with Crippen molar-refractivity contribution in [1.82, 2.24) is 10.2 Å². The van der Waals surface area contributed by atoms with E-state index in [1.165, 1.54) is 0 Å². The average molecular weight is 340 g/mol. The molecule has 114 valence electrons. The zero-order valence-corrected chi connectivity index (χ0v) is 12.6. The minimum Gasteiger partial charge on any atom is -0.486 e. The average Bonchev–Trinajstić information content (AvgIpc) is 2.92. The second-order valence-electron chi connectivity index (χ2n) is 3.90. The molecule has 0 bridgehead atoms. The summed E-state index contributed by atoms with van der Waals surface area (Å²) in [5.41, 5.74) is 0. The molecule has 2 N–H and O–H groups in total. The molecule has 0 fully saturated rings. The molecule has 0 aliphatic carbocycles. The van der Waals surface area contributed by atoms with Crippen LogP contribution in [0.1, 0.15) is 5.01 Å². The number of carbonyl (C=O) groups is 2. The fourth-order valence-corrected chi connectivity index (χ4v) is 2.11. The molecule has 22 heavy (non-hydrogen) atoms. The first kappa shape index (κ1) is 15.9. The first-order valence-electron chi connectivity index (χ1n) is 5.95. The van der Waals surface area contributed by atoms with Crippen LogP contribution >= 0.6 is 22.9 Å². The zero-order chi connectivity index (χ0) is 15.9. The number of anilines is 1. The number of carboxylic acid groups (broad SMARTS) is 1. The number of halogens is 1. The SMILES string of the molecule is O=C(O)/C=C/C(=O)Nc1nnc(COc2ccc(Cl)cc2)s1. The molecule has 2 aromatic rings. The number of nitrogens with zero attached hydrogens (tertiary/aromatic N) is 2. The van der Waals surface area contributed by atoms with E-state index < -0.39 is 11.9 Å². The summed E-state index contributed by atoms with van der Waals surface area (Å²) in [6, 6.07) is 6.86. The highest BCUT2D eigenvalue weighted by atomic mass is 35.5. The van der Waals surface area contributed by atoms with Gasteiger partial charge in [0.15, 0.2) is 5.01 Å². The maximum Gasteiger partial charge on any atom is 0.328 e. The zero-order valence-electron chi connectivity index (χ0n) is 11.0. The van der Waals surface area contributed by atoms with E-state index in [1.807, 2.05) is 0 Å². The van der Waals surface area contributed by atoms with E-state index >= 15 is 0 Å². The molecule has 9 heteroatoms. The van der Waals surface area contributed by atoms with Gasteiger partial charge in [-0.15, -0.1) is 10.2 Å². The molecule has 1 heterocycles. The van der Waals surface area contributed by atoms with Crippen LogP contribution in [-0.4, -0.2) is 27.2 Å². The molecule has 1 aromatic carbocycles. The van der Waals surface area contributed by atoms with Gasteiger partial charge in [-0.3, -0.25) is 10.1 Å². The summed E-state index contributed by atoms with van der Waals surface area (Å²) in [5.74, 6) is -1.16. The van der Waals surface area contributed by atoms with Crippen LogP contribution in [0.2, 0.25) is 5.02 Å².